The van der Waals surface area contributed by atoms with E-state index in [1.54, 1.807) is 13.0 Å². The largest absolute Gasteiger partial charge is 0.394 e. The van der Waals surface area contributed by atoms with E-state index in [1.165, 1.54) is 6.07 Å². The number of hydrogen-bond acceptors (Lipinski definition) is 5. The quantitative estimate of drug-likeness (QED) is 0.631. The van der Waals surface area contributed by atoms with Gasteiger partial charge in [0.25, 0.3) is 5.69 Å². The molecule has 1 saturated carbocycles. The summed E-state index contributed by atoms with van der Waals surface area (Å²) in [5.41, 5.74) is 0.0939. The van der Waals surface area contributed by atoms with Crippen LogP contribution in [0.5, 0.6) is 0 Å². The van der Waals surface area contributed by atoms with Gasteiger partial charge in [0.15, 0.2) is 0 Å². The fourth-order valence-electron chi connectivity index (χ4n) is 2.46. The summed E-state index contributed by atoms with van der Waals surface area (Å²) < 4.78 is 0. The van der Waals surface area contributed by atoms with Crippen LogP contribution in [0.25, 0.3) is 0 Å². The molecule has 0 atom stereocenters. The SMILES string of the molecule is Cc1nc(NC2(CO)CCCC2)ccc1[N+](=O)[O-]. The van der Waals surface area contributed by atoms with Crippen molar-refractivity contribution in [2.75, 3.05) is 11.9 Å². The normalized spacial score (nSPS) is 17.7. The minimum Gasteiger partial charge on any atom is -0.394 e. The molecule has 1 fully saturated rings. The Kier molecular flexibility index (Phi) is 3.47. The van der Waals surface area contributed by atoms with E-state index in [0.717, 1.165) is 25.7 Å². The zero-order valence-corrected chi connectivity index (χ0v) is 10.3. The number of rotatable bonds is 4. The van der Waals surface area contributed by atoms with Gasteiger partial charge in [-0.2, -0.15) is 0 Å². The maximum Gasteiger partial charge on any atom is 0.290 e. The molecular formula is C12H17N3O3. The Morgan fingerprint density at radius 2 is 2.17 bits per heavy atom. The van der Waals surface area contributed by atoms with Crippen molar-refractivity contribution < 1.29 is 10.0 Å². The van der Waals surface area contributed by atoms with Crippen LogP contribution >= 0.6 is 0 Å². The van der Waals surface area contributed by atoms with Gasteiger partial charge in [0.1, 0.15) is 11.5 Å². The maximum absolute atomic E-state index is 10.7. The molecule has 0 spiro atoms. The summed E-state index contributed by atoms with van der Waals surface area (Å²) in [5, 5.41) is 23.4. The molecular weight excluding hydrogens is 234 g/mol. The van der Waals surface area contributed by atoms with Crippen LogP contribution < -0.4 is 5.32 Å². The van der Waals surface area contributed by atoms with Crippen molar-refractivity contribution in [2.45, 2.75) is 38.1 Å². The lowest BCUT2D eigenvalue weighted by atomic mass is 9.99. The highest BCUT2D eigenvalue weighted by Crippen LogP contribution is 2.32. The second kappa shape index (κ2) is 4.89. The Labute approximate surface area is 105 Å². The molecule has 18 heavy (non-hydrogen) atoms. The molecule has 1 aromatic rings. The smallest absolute Gasteiger partial charge is 0.290 e. The monoisotopic (exact) mass is 251 g/mol. The van der Waals surface area contributed by atoms with Gasteiger partial charge in [0.05, 0.1) is 17.1 Å². The number of aromatic nitrogens is 1. The lowest BCUT2D eigenvalue weighted by molar-refractivity contribution is -0.385. The summed E-state index contributed by atoms with van der Waals surface area (Å²) in [4.78, 5) is 14.4. The summed E-state index contributed by atoms with van der Waals surface area (Å²) in [6.45, 7) is 1.67. The highest BCUT2D eigenvalue weighted by atomic mass is 16.6. The predicted octanol–water partition coefficient (Wildman–Crippen LogP) is 2.02. The summed E-state index contributed by atoms with van der Waals surface area (Å²) in [7, 11) is 0. The van der Waals surface area contributed by atoms with Crippen LogP contribution in [0.3, 0.4) is 0 Å². The van der Waals surface area contributed by atoms with Gasteiger partial charge in [0.2, 0.25) is 0 Å². The molecule has 1 aliphatic carbocycles. The number of nitrogens with zero attached hydrogens (tertiary/aromatic N) is 2. The average molecular weight is 251 g/mol. The number of aliphatic hydroxyl groups excluding tert-OH is 1. The first-order valence-corrected chi connectivity index (χ1v) is 6.07. The molecule has 0 aliphatic heterocycles. The molecule has 0 unspecified atom stereocenters. The molecule has 0 bridgehead atoms. The zero-order valence-electron chi connectivity index (χ0n) is 10.3. The maximum atomic E-state index is 10.7. The Morgan fingerprint density at radius 3 is 2.67 bits per heavy atom. The Hall–Kier alpha value is -1.69. The molecule has 98 valence electrons. The predicted molar refractivity (Wildman–Crippen MR) is 67.5 cm³/mol. The molecule has 2 rings (SSSR count). The van der Waals surface area contributed by atoms with E-state index in [9.17, 15) is 15.2 Å². The van der Waals surface area contributed by atoms with Crippen molar-refractivity contribution in [2.24, 2.45) is 0 Å². The van der Waals surface area contributed by atoms with Gasteiger partial charge >= 0.3 is 0 Å². The van der Waals surface area contributed by atoms with E-state index >= 15 is 0 Å². The van der Waals surface area contributed by atoms with Crippen LogP contribution in [0.2, 0.25) is 0 Å². The number of aliphatic hydroxyl groups is 1. The number of anilines is 1. The number of nitro groups is 1. The third-order valence-electron chi connectivity index (χ3n) is 3.51. The van der Waals surface area contributed by atoms with Gasteiger partial charge in [0, 0.05) is 6.07 Å². The molecule has 0 radical (unpaired) electrons. The van der Waals surface area contributed by atoms with Gasteiger partial charge in [-0.05, 0) is 25.8 Å². The van der Waals surface area contributed by atoms with Crippen molar-refractivity contribution in [1.29, 1.82) is 0 Å². The van der Waals surface area contributed by atoms with Crippen LogP contribution in [-0.4, -0.2) is 27.2 Å². The molecule has 1 heterocycles. The van der Waals surface area contributed by atoms with Crippen molar-refractivity contribution in [3.05, 3.63) is 27.9 Å². The first-order chi connectivity index (χ1) is 8.56. The van der Waals surface area contributed by atoms with E-state index in [0.29, 0.717) is 11.5 Å². The van der Waals surface area contributed by atoms with Gasteiger partial charge in [-0.15, -0.1) is 0 Å². The molecule has 6 heteroatoms. The van der Waals surface area contributed by atoms with Crippen LogP contribution in [0.15, 0.2) is 12.1 Å². The van der Waals surface area contributed by atoms with Crippen LogP contribution in [-0.2, 0) is 0 Å². The summed E-state index contributed by atoms with van der Waals surface area (Å²) in [5.74, 6) is 0.592. The summed E-state index contributed by atoms with van der Waals surface area (Å²) >= 11 is 0. The molecule has 0 saturated heterocycles. The minimum absolute atomic E-state index is 0.0185. The van der Waals surface area contributed by atoms with Crippen molar-refractivity contribution in [3.63, 3.8) is 0 Å². The lowest BCUT2D eigenvalue weighted by Crippen LogP contribution is -2.39. The molecule has 6 nitrogen and oxygen atoms in total. The lowest BCUT2D eigenvalue weighted by Gasteiger charge is -2.28. The minimum atomic E-state index is -0.441. The van der Waals surface area contributed by atoms with E-state index in [2.05, 4.69) is 10.3 Å². The van der Waals surface area contributed by atoms with Gasteiger partial charge in [-0.1, -0.05) is 12.8 Å². The Balaban J connectivity index is 2.19. The standard InChI is InChI=1S/C12H17N3O3/c1-9-10(15(17)18)4-5-11(13-9)14-12(8-16)6-2-3-7-12/h4-5,16H,2-3,6-8H2,1H3,(H,13,14). The van der Waals surface area contributed by atoms with E-state index < -0.39 is 4.92 Å². The van der Waals surface area contributed by atoms with Gasteiger partial charge in [-0.3, -0.25) is 10.1 Å². The second-order valence-corrected chi connectivity index (χ2v) is 4.83. The van der Waals surface area contributed by atoms with E-state index in [4.69, 9.17) is 0 Å². The van der Waals surface area contributed by atoms with E-state index in [-0.39, 0.29) is 17.8 Å². The first-order valence-electron chi connectivity index (χ1n) is 6.07. The highest BCUT2D eigenvalue weighted by molar-refractivity contribution is 5.46. The van der Waals surface area contributed by atoms with Crippen LogP contribution in [0, 0.1) is 17.0 Å². The summed E-state index contributed by atoms with van der Waals surface area (Å²) in [6, 6.07) is 3.05. The number of nitrogens with one attached hydrogen (secondary N) is 1. The number of hydrogen-bond donors (Lipinski definition) is 2. The third kappa shape index (κ3) is 2.43. The van der Waals surface area contributed by atoms with Crippen molar-refractivity contribution in [1.82, 2.24) is 4.98 Å². The molecule has 0 aromatic carbocycles. The fraction of sp³-hybridized carbons (Fsp3) is 0.583. The van der Waals surface area contributed by atoms with Gasteiger partial charge < -0.3 is 10.4 Å². The average Bonchev–Trinajstić information content (AvgIpc) is 2.78. The van der Waals surface area contributed by atoms with Gasteiger partial charge in [-0.25, -0.2) is 4.98 Å². The van der Waals surface area contributed by atoms with Crippen LogP contribution in [0.4, 0.5) is 11.5 Å². The topological polar surface area (TPSA) is 88.3 Å². The molecule has 0 amide bonds. The Bertz CT molecular complexity index is 456. The Morgan fingerprint density at radius 1 is 1.50 bits per heavy atom. The van der Waals surface area contributed by atoms with Crippen LogP contribution in [0.1, 0.15) is 31.4 Å². The highest BCUT2D eigenvalue weighted by Gasteiger charge is 2.33. The molecule has 1 aliphatic rings. The van der Waals surface area contributed by atoms with Crippen molar-refractivity contribution in [3.8, 4) is 0 Å². The zero-order chi connectivity index (χ0) is 13.2. The fourth-order valence-corrected chi connectivity index (χ4v) is 2.46. The van der Waals surface area contributed by atoms with Crippen molar-refractivity contribution >= 4 is 11.5 Å². The second-order valence-electron chi connectivity index (χ2n) is 4.83. The molecule has 2 N–H and O–H groups in total. The first kappa shape index (κ1) is 12.8. The number of aryl methyl sites for hydroxylation is 1. The third-order valence-corrected chi connectivity index (χ3v) is 3.51. The van der Waals surface area contributed by atoms with E-state index in [1.807, 2.05) is 0 Å². The number of pyridine rings is 1. The summed E-state index contributed by atoms with van der Waals surface area (Å²) in [6.07, 6.45) is 3.97. The molecule has 1 aromatic heterocycles.